The van der Waals surface area contributed by atoms with Crippen LogP contribution in [0.3, 0.4) is 0 Å². The van der Waals surface area contributed by atoms with Crippen LogP contribution < -0.4 is 5.32 Å². The zero-order valence-electron chi connectivity index (χ0n) is 19.7. The SMILES string of the molecule is CCCS(=O)(=O)N1CCN(C(=O)c2ccc(F)cc2)C1C(=O)NC(CC(=O)O)c1cccc([N+](=O)[O-])c1. The second-order valence-electron chi connectivity index (χ2n) is 8.32. The molecule has 2 atom stereocenters. The number of carboxylic acid groups (broad SMARTS) is 1. The Hall–Kier alpha value is -3.91. The summed E-state index contributed by atoms with van der Waals surface area (Å²) in [6.45, 7) is 1.31. The highest BCUT2D eigenvalue weighted by Gasteiger charge is 2.46. The molecule has 0 aliphatic carbocycles. The summed E-state index contributed by atoms with van der Waals surface area (Å²) in [6, 6.07) is 8.26. The summed E-state index contributed by atoms with van der Waals surface area (Å²) in [6.07, 6.45) is -2.06. The van der Waals surface area contributed by atoms with Crippen molar-refractivity contribution in [2.24, 2.45) is 0 Å². The minimum absolute atomic E-state index is 0.0229. The van der Waals surface area contributed by atoms with Crippen molar-refractivity contribution in [3.8, 4) is 0 Å². The minimum Gasteiger partial charge on any atom is -0.481 e. The number of nitrogens with one attached hydrogen (secondary N) is 1. The highest BCUT2D eigenvalue weighted by molar-refractivity contribution is 7.89. The number of rotatable bonds is 10. The number of carbonyl (C=O) groups is 3. The van der Waals surface area contributed by atoms with Crippen molar-refractivity contribution in [3.05, 3.63) is 75.6 Å². The highest BCUT2D eigenvalue weighted by atomic mass is 32.2. The Morgan fingerprint density at radius 3 is 2.46 bits per heavy atom. The van der Waals surface area contributed by atoms with Gasteiger partial charge in [0.1, 0.15) is 5.82 Å². The van der Waals surface area contributed by atoms with Crippen LogP contribution in [0.2, 0.25) is 0 Å². The Bertz CT molecular complexity index is 1300. The molecule has 0 radical (unpaired) electrons. The maximum atomic E-state index is 13.5. The van der Waals surface area contributed by atoms with Gasteiger partial charge in [-0.15, -0.1) is 0 Å². The Labute approximate surface area is 211 Å². The van der Waals surface area contributed by atoms with E-state index in [4.69, 9.17) is 0 Å². The van der Waals surface area contributed by atoms with Gasteiger partial charge in [0, 0.05) is 30.8 Å². The van der Waals surface area contributed by atoms with Crippen LogP contribution in [0.4, 0.5) is 10.1 Å². The lowest BCUT2D eigenvalue weighted by atomic mass is 10.0. The van der Waals surface area contributed by atoms with E-state index in [1.165, 1.54) is 30.3 Å². The molecule has 14 heteroatoms. The van der Waals surface area contributed by atoms with Gasteiger partial charge in [-0.25, -0.2) is 12.8 Å². The Balaban J connectivity index is 1.99. The van der Waals surface area contributed by atoms with Gasteiger partial charge in [0.05, 0.1) is 23.1 Å². The van der Waals surface area contributed by atoms with Gasteiger partial charge in [0.2, 0.25) is 10.0 Å². The van der Waals surface area contributed by atoms with E-state index in [2.05, 4.69) is 5.32 Å². The van der Waals surface area contributed by atoms with Crippen molar-refractivity contribution in [1.29, 1.82) is 0 Å². The van der Waals surface area contributed by atoms with Crippen LogP contribution in [0.15, 0.2) is 48.5 Å². The molecule has 2 aromatic rings. The Morgan fingerprint density at radius 1 is 1.19 bits per heavy atom. The van der Waals surface area contributed by atoms with Gasteiger partial charge in [0.25, 0.3) is 17.5 Å². The van der Waals surface area contributed by atoms with Gasteiger partial charge in [-0.3, -0.25) is 24.5 Å². The molecule has 0 saturated carbocycles. The second kappa shape index (κ2) is 11.4. The van der Waals surface area contributed by atoms with Crippen molar-refractivity contribution in [1.82, 2.24) is 14.5 Å². The summed E-state index contributed by atoms with van der Waals surface area (Å²) in [4.78, 5) is 49.7. The standard InChI is InChI=1S/C23H25FN4O8S/c1-2-12-37(35,36)27-11-10-26(23(32)15-6-8-17(24)9-7-15)22(27)21(31)25-19(14-20(29)30)16-4-3-5-18(13-16)28(33)34/h3-9,13,19,22H,2,10-12,14H2,1H3,(H,25,31)(H,29,30). The highest BCUT2D eigenvalue weighted by Crippen LogP contribution is 2.26. The number of nitro benzene ring substituents is 1. The third kappa shape index (κ3) is 6.46. The predicted octanol–water partition coefficient (Wildman–Crippen LogP) is 1.89. The van der Waals surface area contributed by atoms with Crippen molar-refractivity contribution in [3.63, 3.8) is 0 Å². The zero-order chi connectivity index (χ0) is 27.3. The van der Waals surface area contributed by atoms with Crippen LogP contribution in [0.25, 0.3) is 0 Å². The lowest BCUT2D eigenvalue weighted by molar-refractivity contribution is -0.384. The molecule has 0 bridgehead atoms. The molecule has 1 aliphatic heterocycles. The monoisotopic (exact) mass is 536 g/mol. The Kier molecular flexibility index (Phi) is 8.55. The summed E-state index contributed by atoms with van der Waals surface area (Å²) in [5.41, 5.74) is -0.194. The number of halogens is 1. The first kappa shape index (κ1) is 27.7. The van der Waals surface area contributed by atoms with E-state index in [0.29, 0.717) is 0 Å². The van der Waals surface area contributed by atoms with E-state index in [1.807, 2.05) is 0 Å². The van der Waals surface area contributed by atoms with Gasteiger partial charge in [0.15, 0.2) is 6.17 Å². The van der Waals surface area contributed by atoms with Gasteiger partial charge in [-0.2, -0.15) is 4.31 Å². The number of hydrogen-bond donors (Lipinski definition) is 2. The maximum Gasteiger partial charge on any atom is 0.305 e. The average Bonchev–Trinajstić information content (AvgIpc) is 3.30. The number of sulfonamides is 1. The van der Waals surface area contributed by atoms with Gasteiger partial charge < -0.3 is 15.3 Å². The fourth-order valence-corrected chi connectivity index (χ4v) is 5.67. The first-order valence-corrected chi connectivity index (χ1v) is 12.9. The summed E-state index contributed by atoms with van der Waals surface area (Å²) >= 11 is 0. The number of amides is 2. The van der Waals surface area contributed by atoms with E-state index < -0.39 is 57.2 Å². The quantitative estimate of drug-likeness (QED) is 0.343. The number of non-ortho nitro benzene ring substituents is 1. The molecule has 1 saturated heterocycles. The minimum atomic E-state index is -3.99. The summed E-state index contributed by atoms with van der Waals surface area (Å²) in [5, 5.41) is 23.0. The molecule has 2 unspecified atom stereocenters. The van der Waals surface area contributed by atoms with Gasteiger partial charge in [-0.05, 0) is 36.2 Å². The molecule has 0 spiro atoms. The number of aliphatic carboxylic acids is 1. The van der Waals surface area contributed by atoms with Crippen LogP contribution in [0.1, 0.15) is 41.7 Å². The lowest BCUT2D eigenvalue weighted by Gasteiger charge is -2.30. The largest absolute Gasteiger partial charge is 0.481 e. The summed E-state index contributed by atoms with van der Waals surface area (Å²) in [7, 11) is -3.99. The molecule has 2 N–H and O–H groups in total. The van der Waals surface area contributed by atoms with Crippen molar-refractivity contribution in [2.75, 3.05) is 18.8 Å². The summed E-state index contributed by atoms with van der Waals surface area (Å²) < 4.78 is 40.1. The molecule has 12 nitrogen and oxygen atoms in total. The molecule has 1 heterocycles. The maximum absolute atomic E-state index is 13.5. The van der Waals surface area contributed by atoms with Crippen LogP contribution in [-0.4, -0.2) is 70.4 Å². The van der Waals surface area contributed by atoms with Crippen LogP contribution in [0, 0.1) is 15.9 Å². The lowest BCUT2D eigenvalue weighted by Crippen LogP contribution is -2.54. The fourth-order valence-electron chi connectivity index (χ4n) is 4.04. The van der Waals surface area contributed by atoms with Gasteiger partial charge >= 0.3 is 5.97 Å². The first-order valence-electron chi connectivity index (χ1n) is 11.3. The number of benzene rings is 2. The second-order valence-corrected chi connectivity index (χ2v) is 10.4. The molecule has 1 fully saturated rings. The zero-order valence-corrected chi connectivity index (χ0v) is 20.6. The van der Waals surface area contributed by atoms with Crippen molar-refractivity contribution >= 4 is 33.5 Å². The predicted molar refractivity (Wildman–Crippen MR) is 128 cm³/mol. The number of nitro groups is 1. The van der Waals surface area contributed by atoms with Crippen LogP contribution in [-0.2, 0) is 19.6 Å². The Morgan fingerprint density at radius 2 is 1.86 bits per heavy atom. The first-order chi connectivity index (χ1) is 17.4. The third-order valence-corrected chi connectivity index (χ3v) is 7.73. The van der Waals surface area contributed by atoms with Crippen LogP contribution in [0.5, 0.6) is 0 Å². The topological polar surface area (TPSA) is 167 Å². The molecule has 2 amide bonds. The van der Waals surface area contributed by atoms with E-state index in [9.17, 15) is 42.4 Å². The molecular weight excluding hydrogens is 511 g/mol. The summed E-state index contributed by atoms with van der Waals surface area (Å²) in [5.74, 6) is -3.91. The molecule has 2 aromatic carbocycles. The van der Waals surface area contributed by atoms with E-state index in [1.54, 1.807) is 6.92 Å². The molecule has 198 valence electrons. The van der Waals surface area contributed by atoms with Gasteiger partial charge in [-0.1, -0.05) is 19.1 Å². The van der Waals surface area contributed by atoms with Crippen molar-refractivity contribution in [2.45, 2.75) is 32.0 Å². The number of carbonyl (C=O) groups excluding carboxylic acids is 2. The average molecular weight is 537 g/mol. The number of hydrogen-bond acceptors (Lipinski definition) is 7. The fraction of sp³-hybridized carbons (Fsp3) is 0.348. The van der Waals surface area contributed by atoms with E-state index in [-0.39, 0.29) is 42.1 Å². The molecule has 1 aliphatic rings. The van der Waals surface area contributed by atoms with Crippen molar-refractivity contribution < 1.29 is 37.2 Å². The van der Waals surface area contributed by atoms with Crippen LogP contribution >= 0.6 is 0 Å². The smallest absolute Gasteiger partial charge is 0.305 e. The third-order valence-electron chi connectivity index (χ3n) is 5.71. The van der Waals surface area contributed by atoms with E-state index in [0.717, 1.165) is 27.4 Å². The molecule has 3 rings (SSSR count). The number of nitrogens with zero attached hydrogens (tertiary/aromatic N) is 3. The molecule has 0 aromatic heterocycles. The van der Waals surface area contributed by atoms with E-state index >= 15 is 0 Å². The molecular formula is C23H25FN4O8S. The number of carboxylic acids is 1. The molecule has 37 heavy (non-hydrogen) atoms. The normalized spacial score (nSPS) is 16.8.